The minimum atomic E-state index is -0.795. The van der Waals surface area contributed by atoms with Crippen molar-refractivity contribution in [1.29, 1.82) is 0 Å². The zero-order valence-corrected chi connectivity index (χ0v) is 18.0. The molecule has 164 valence electrons. The second-order valence-corrected chi connectivity index (χ2v) is 7.03. The minimum absolute atomic E-state index is 0.216. The van der Waals surface area contributed by atoms with Crippen LogP contribution in [-0.2, 0) is 11.3 Å². The van der Waals surface area contributed by atoms with Gasteiger partial charge < -0.3 is 20.1 Å². The first-order chi connectivity index (χ1) is 15.5. The average Bonchev–Trinajstić information content (AvgIpc) is 2.79. The Morgan fingerprint density at radius 3 is 2.22 bits per heavy atom. The third kappa shape index (κ3) is 6.33. The van der Waals surface area contributed by atoms with Crippen molar-refractivity contribution in [1.82, 2.24) is 5.32 Å². The van der Waals surface area contributed by atoms with Crippen molar-refractivity contribution in [3.8, 4) is 5.75 Å². The van der Waals surface area contributed by atoms with Crippen molar-refractivity contribution >= 4 is 35.3 Å². The topological polar surface area (TPSA) is 93.7 Å². The molecule has 0 aliphatic rings. The molecule has 0 unspecified atom stereocenters. The number of halogens is 1. The molecular formula is C24H21ClN2O5. The smallest absolute Gasteiger partial charge is 0.434 e. The Morgan fingerprint density at radius 2 is 1.56 bits per heavy atom. The lowest BCUT2D eigenvalue weighted by Gasteiger charge is -2.09. The van der Waals surface area contributed by atoms with E-state index in [0.717, 1.165) is 5.56 Å². The molecule has 0 aliphatic carbocycles. The van der Waals surface area contributed by atoms with Crippen LogP contribution in [0.5, 0.6) is 5.75 Å². The molecule has 0 aliphatic heterocycles. The van der Waals surface area contributed by atoms with E-state index >= 15 is 0 Å². The molecule has 3 rings (SSSR count). The Morgan fingerprint density at radius 1 is 0.875 bits per heavy atom. The second kappa shape index (κ2) is 11.0. The van der Waals surface area contributed by atoms with Crippen molar-refractivity contribution in [3.05, 3.63) is 94.5 Å². The largest absolute Gasteiger partial charge is 0.513 e. The van der Waals surface area contributed by atoms with Gasteiger partial charge in [0.25, 0.3) is 11.8 Å². The van der Waals surface area contributed by atoms with Crippen LogP contribution < -0.4 is 15.4 Å². The maximum atomic E-state index is 12.3. The summed E-state index contributed by atoms with van der Waals surface area (Å²) in [6.07, 6.45) is -0.795. The van der Waals surface area contributed by atoms with Crippen LogP contribution in [0.15, 0.2) is 72.8 Å². The Balaban J connectivity index is 1.51. The molecule has 3 aromatic rings. The van der Waals surface area contributed by atoms with Gasteiger partial charge >= 0.3 is 6.16 Å². The Kier molecular flexibility index (Phi) is 7.83. The molecule has 0 atom stereocenters. The normalized spacial score (nSPS) is 10.2. The van der Waals surface area contributed by atoms with E-state index in [1.54, 1.807) is 67.6 Å². The predicted octanol–water partition coefficient (Wildman–Crippen LogP) is 5.06. The predicted molar refractivity (Wildman–Crippen MR) is 121 cm³/mol. The molecule has 0 saturated carbocycles. The molecule has 2 amide bonds. The highest BCUT2D eigenvalue weighted by atomic mass is 35.5. The molecule has 0 bridgehead atoms. The Labute approximate surface area is 190 Å². The minimum Gasteiger partial charge on any atom is -0.434 e. The van der Waals surface area contributed by atoms with Gasteiger partial charge in [-0.2, -0.15) is 0 Å². The van der Waals surface area contributed by atoms with E-state index in [2.05, 4.69) is 10.6 Å². The summed E-state index contributed by atoms with van der Waals surface area (Å²) < 4.78 is 9.66. The number of benzene rings is 3. The molecule has 32 heavy (non-hydrogen) atoms. The third-order valence-corrected chi connectivity index (χ3v) is 4.69. The van der Waals surface area contributed by atoms with Crippen LogP contribution in [-0.4, -0.2) is 24.6 Å². The summed E-state index contributed by atoms with van der Waals surface area (Å²) in [6.45, 7) is 2.20. The molecular weight excluding hydrogens is 432 g/mol. The Bertz CT molecular complexity index is 1100. The highest BCUT2D eigenvalue weighted by Crippen LogP contribution is 2.18. The molecule has 7 nitrogen and oxygen atoms in total. The number of anilines is 1. The average molecular weight is 453 g/mol. The van der Waals surface area contributed by atoms with E-state index in [9.17, 15) is 14.4 Å². The van der Waals surface area contributed by atoms with Gasteiger partial charge in [-0.15, -0.1) is 0 Å². The summed E-state index contributed by atoms with van der Waals surface area (Å²) in [7, 11) is 0. The zero-order chi connectivity index (χ0) is 22.9. The molecule has 0 heterocycles. The number of nitrogens with one attached hydrogen (secondary N) is 2. The standard InChI is InChI=1S/C24H21ClN2O5/c1-2-31-24(30)32-19-13-9-17(10-14-19)22(28)26-15-16-7-11-18(12-8-16)27-23(29)20-5-3-4-6-21(20)25/h3-14H,2,15H2,1H3,(H,26,28)(H,27,29). The molecule has 0 spiro atoms. The first kappa shape index (κ1) is 22.8. The van der Waals surface area contributed by atoms with Crippen molar-refractivity contribution < 1.29 is 23.9 Å². The van der Waals surface area contributed by atoms with Gasteiger partial charge in [-0.25, -0.2) is 4.79 Å². The van der Waals surface area contributed by atoms with Crippen LogP contribution in [0.3, 0.4) is 0 Å². The number of hydrogen-bond donors (Lipinski definition) is 2. The number of ether oxygens (including phenoxy) is 2. The molecule has 8 heteroatoms. The molecule has 0 radical (unpaired) electrons. The van der Waals surface area contributed by atoms with Gasteiger partial charge in [0.05, 0.1) is 17.2 Å². The number of amides is 2. The fourth-order valence-electron chi connectivity index (χ4n) is 2.75. The number of carbonyl (C=O) groups excluding carboxylic acids is 3. The molecule has 0 aromatic heterocycles. The summed E-state index contributed by atoms with van der Waals surface area (Å²) in [5.41, 5.74) is 2.28. The van der Waals surface area contributed by atoms with Crippen LogP contribution in [0.25, 0.3) is 0 Å². The van der Waals surface area contributed by atoms with Gasteiger partial charge in [0, 0.05) is 17.8 Å². The van der Waals surface area contributed by atoms with Crippen molar-refractivity contribution in [2.45, 2.75) is 13.5 Å². The van der Waals surface area contributed by atoms with Gasteiger partial charge in [0.15, 0.2) is 0 Å². The molecule has 0 fully saturated rings. The van der Waals surface area contributed by atoms with Crippen molar-refractivity contribution in [3.63, 3.8) is 0 Å². The fourth-order valence-corrected chi connectivity index (χ4v) is 2.97. The van der Waals surface area contributed by atoms with Crippen LogP contribution in [0, 0.1) is 0 Å². The monoisotopic (exact) mass is 452 g/mol. The Hall–Kier alpha value is -3.84. The number of carbonyl (C=O) groups is 3. The zero-order valence-electron chi connectivity index (χ0n) is 17.3. The van der Waals surface area contributed by atoms with E-state index in [4.69, 9.17) is 21.1 Å². The van der Waals surface area contributed by atoms with Gasteiger partial charge in [0.2, 0.25) is 0 Å². The maximum Gasteiger partial charge on any atom is 0.513 e. The van der Waals surface area contributed by atoms with Crippen LogP contribution in [0.1, 0.15) is 33.2 Å². The van der Waals surface area contributed by atoms with E-state index in [-0.39, 0.29) is 24.2 Å². The van der Waals surface area contributed by atoms with E-state index in [1.165, 1.54) is 12.1 Å². The van der Waals surface area contributed by atoms with Gasteiger partial charge in [-0.1, -0.05) is 35.9 Å². The van der Waals surface area contributed by atoms with Gasteiger partial charge in [-0.3, -0.25) is 9.59 Å². The van der Waals surface area contributed by atoms with E-state index < -0.39 is 6.16 Å². The maximum absolute atomic E-state index is 12.3. The second-order valence-electron chi connectivity index (χ2n) is 6.62. The lowest BCUT2D eigenvalue weighted by Crippen LogP contribution is -2.22. The summed E-state index contributed by atoms with van der Waals surface area (Å²) >= 11 is 6.05. The summed E-state index contributed by atoms with van der Waals surface area (Å²) in [5.74, 6) is -0.287. The highest BCUT2D eigenvalue weighted by molar-refractivity contribution is 6.34. The molecule has 3 aromatic carbocycles. The van der Waals surface area contributed by atoms with Gasteiger partial charge in [-0.05, 0) is 61.0 Å². The lowest BCUT2D eigenvalue weighted by molar-refractivity contribution is 0.0950. The van der Waals surface area contributed by atoms with E-state index in [1.807, 2.05) is 0 Å². The first-order valence-corrected chi connectivity index (χ1v) is 10.2. The van der Waals surface area contributed by atoms with Crippen LogP contribution in [0.2, 0.25) is 5.02 Å². The third-order valence-electron chi connectivity index (χ3n) is 4.36. The molecule has 0 saturated heterocycles. The van der Waals surface area contributed by atoms with Crippen molar-refractivity contribution in [2.24, 2.45) is 0 Å². The van der Waals surface area contributed by atoms with Crippen molar-refractivity contribution in [2.75, 3.05) is 11.9 Å². The van der Waals surface area contributed by atoms with E-state index in [0.29, 0.717) is 28.4 Å². The fraction of sp³-hybridized carbons (Fsp3) is 0.125. The number of rotatable bonds is 7. The quantitative estimate of drug-likeness (QED) is 0.386. The summed E-state index contributed by atoms with van der Waals surface area (Å²) in [5, 5.41) is 5.98. The van der Waals surface area contributed by atoms with Crippen LogP contribution in [0.4, 0.5) is 10.5 Å². The SMILES string of the molecule is CCOC(=O)Oc1ccc(C(=O)NCc2ccc(NC(=O)c3ccccc3Cl)cc2)cc1. The number of hydrogen-bond acceptors (Lipinski definition) is 5. The highest BCUT2D eigenvalue weighted by Gasteiger charge is 2.11. The molecule has 2 N–H and O–H groups in total. The summed E-state index contributed by atoms with van der Waals surface area (Å²) in [4.78, 5) is 36.0. The van der Waals surface area contributed by atoms with Gasteiger partial charge in [0.1, 0.15) is 5.75 Å². The summed E-state index contributed by atoms with van der Waals surface area (Å²) in [6, 6.07) is 20.0. The first-order valence-electron chi connectivity index (χ1n) is 9.84. The lowest BCUT2D eigenvalue weighted by atomic mass is 10.1. The van der Waals surface area contributed by atoms with Crippen LogP contribution >= 0.6 is 11.6 Å².